The Morgan fingerprint density at radius 1 is 1.16 bits per heavy atom. The number of rotatable bonds is 10. The van der Waals surface area contributed by atoms with Crippen molar-refractivity contribution in [1.82, 2.24) is 9.80 Å². The van der Waals surface area contributed by atoms with Gasteiger partial charge in [0, 0.05) is 25.3 Å². The molecule has 0 heterocycles. The molecule has 0 aliphatic heterocycles. The van der Waals surface area contributed by atoms with E-state index < -0.39 is 23.3 Å². The predicted molar refractivity (Wildman–Crippen MR) is 116 cm³/mol. The fourth-order valence-corrected chi connectivity index (χ4v) is 2.96. The molecular formula is C23H36F2N2O4. The average molecular weight is 443 g/mol. The van der Waals surface area contributed by atoms with Gasteiger partial charge < -0.3 is 14.4 Å². The van der Waals surface area contributed by atoms with Crippen molar-refractivity contribution in [2.45, 2.75) is 78.7 Å². The van der Waals surface area contributed by atoms with E-state index in [2.05, 4.69) is 0 Å². The SMILES string of the molecule is CCCCN(C(=O)CN(Cc1ccc(F)cc1F)C(=O)OC(C)(C)C)C(C)[C@@H](C)OC. The minimum atomic E-state index is -0.792. The first-order chi connectivity index (χ1) is 14.4. The Kier molecular flexibility index (Phi) is 10.4. The van der Waals surface area contributed by atoms with Gasteiger partial charge in [-0.15, -0.1) is 0 Å². The van der Waals surface area contributed by atoms with E-state index in [0.29, 0.717) is 6.54 Å². The van der Waals surface area contributed by atoms with Gasteiger partial charge in [0.05, 0.1) is 18.7 Å². The number of benzene rings is 1. The molecule has 1 aromatic rings. The van der Waals surface area contributed by atoms with Crippen LogP contribution in [0.1, 0.15) is 59.9 Å². The minimum Gasteiger partial charge on any atom is -0.444 e. The summed E-state index contributed by atoms with van der Waals surface area (Å²) in [4.78, 5) is 28.8. The summed E-state index contributed by atoms with van der Waals surface area (Å²) in [6.07, 6.45) is 0.748. The third kappa shape index (κ3) is 8.81. The number of carbonyl (C=O) groups excluding carboxylic acids is 2. The zero-order valence-electron chi connectivity index (χ0n) is 19.7. The second kappa shape index (κ2) is 12.0. The summed E-state index contributed by atoms with van der Waals surface area (Å²) in [5.74, 6) is -1.79. The molecule has 31 heavy (non-hydrogen) atoms. The van der Waals surface area contributed by atoms with Crippen molar-refractivity contribution in [3.63, 3.8) is 0 Å². The van der Waals surface area contributed by atoms with Crippen molar-refractivity contribution in [3.8, 4) is 0 Å². The number of carbonyl (C=O) groups is 2. The van der Waals surface area contributed by atoms with E-state index in [1.807, 2.05) is 20.8 Å². The quantitative estimate of drug-likeness (QED) is 0.525. The molecule has 0 bridgehead atoms. The van der Waals surface area contributed by atoms with E-state index in [1.54, 1.807) is 32.8 Å². The Hall–Kier alpha value is -2.22. The number of unbranched alkanes of at least 4 members (excludes halogenated alkanes) is 1. The summed E-state index contributed by atoms with van der Waals surface area (Å²) in [5, 5.41) is 0. The standard InChI is InChI=1S/C23H36F2N2O4/c1-8-9-12-27(16(2)17(3)30-7)21(28)15-26(22(29)31-23(4,5)6)14-18-10-11-19(24)13-20(18)25/h10-11,13,16-17H,8-9,12,14-15H2,1-7H3/t16?,17-/m1/s1. The molecule has 0 saturated carbocycles. The second-order valence-corrected chi connectivity index (χ2v) is 8.69. The van der Waals surface area contributed by atoms with Gasteiger partial charge in [-0.2, -0.15) is 0 Å². The molecule has 6 nitrogen and oxygen atoms in total. The van der Waals surface area contributed by atoms with Crippen molar-refractivity contribution >= 4 is 12.0 Å². The van der Waals surface area contributed by atoms with Crippen LogP contribution in [0, 0.1) is 11.6 Å². The maximum Gasteiger partial charge on any atom is 0.411 e. The highest BCUT2D eigenvalue weighted by Gasteiger charge is 2.30. The molecular weight excluding hydrogens is 406 g/mol. The number of methoxy groups -OCH3 is 1. The number of hydrogen-bond donors (Lipinski definition) is 0. The van der Waals surface area contributed by atoms with Crippen LogP contribution in [-0.2, 0) is 20.8 Å². The van der Waals surface area contributed by atoms with E-state index in [0.717, 1.165) is 29.9 Å². The first-order valence-electron chi connectivity index (χ1n) is 10.6. The van der Waals surface area contributed by atoms with Crippen LogP contribution in [0.2, 0.25) is 0 Å². The van der Waals surface area contributed by atoms with Crippen molar-refractivity contribution < 1.29 is 27.8 Å². The van der Waals surface area contributed by atoms with E-state index in [1.165, 1.54) is 6.07 Å². The summed E-state index contributed by atoms with van der Waals surface area (Å²) in [7, 11) is 1.58. The highest BCUT2D eigenvalue weighted by Crippen LogP contribution is 2.17. The van der Waals surface area contributed by atoms with Crippen molar-refractivity contribution in [2.24, 2.45) is 0 Å². The molecule has 0 aromatic heterocycles. The summed E-state index contributed by atoms with van der Waals surface area (Å²) < 4.78 is 38.3. The van der Waals surface area contributed by atoms with Gasteiger partial charge in [-0.1, -0.05) is 19.4 Å². The fourth-order valence-electron chi connectivity index (χ4n) is 2.96. The lowest BCUT2D eigenvalue weighted by molar-refractivity contribution is -0.137. The number of nitrogens with zero attached hydrogens (tertiary/aromatic N) is 2. The third-order valence-corrected chi connectivity index (χ3v) is 4.97. The molecule has 0 saturated heterocycles. The molecule has 0 spiro atoms. The lowest BCUT2D eigenvalue weighted by atomic mass is 10.1. The molecule has 176 valence electrons. The van der Waals surface area contributed by atoms with Crippen LogP contribution in [0.25, 0.3) is 0 Å². The van der Waals surface area contributed by atoms with Gasteiger partial charge in [0.1, 0.15) is 23.8 Å². The first-order valence-corrected chi connectivity index (χ1v) is 10.6. The Labute approximate surface area is 184 Å². The van der Waals surface area contributed by atoms with Crippen molar-refractivity contribution in [2.75, 3.05) is 20.2 Å². The normalized spacial score (nSPS) is 13.5. The summed E-state index contributed by atoms with van der Waals surface area (Å²) in [6, 6.07) is 2.91. The van der Waals surface area contributed by atoms with Gasteiger partial charge in [0.15, 0.2) is 0 Å². The van der Waals surface area contributed by atoms with E-state index >= 15 is 0 Å². The number of hydrogen-bond acceptors (Lipinski definition) is 4. The summed E-state index contributed by atoms with van der Waals surface area (Å²) >= 11 is 0. The lowest BCUT2D eigenvalue weighted by Crippen LogP contribution is -2.50. The molecule has 0 radical (unpaired) electrons. The molecule has 1 unspecified atom stereocenters. The van der Waals surface area contributed by atoms with Crippen LogP contribution < -0.4 is 0 Å². The largest absolute Gasteiger partial charge is 0.444 e. The Balaban J connectivity index is 3.14. The van der Waals surface area contributed by atoms with Gasteiger partial charge in [-0.25, -0.2) is 13.6 Å². The second-order valence-electron chi connectivity index (χ2n) is 8.69. The third-order valence-electron chi connectivity index (χ3n) is 4.97. The molecule has 8 heteroatoms. The van der Waals surface area contributed by atoms with Gasteiger partial charge in [0.25, 0.3) is 0 Å². The molecule has 0 aliphatic carbocycles. The van der Waals surface area contributed by atoms with Crippen LogP contribution in [0.5, 0.6) is 0 Å². The smallest absolute Gasteiger partial charge is 0.411 e. The zero-order valence-corrected chi connectivity index (χ0v) is 19.7. The zero-order chi connectivity index (χ0) is 23.8. The number of halogens is 2. The Morgan fingerprint density at radius 2 is 1.81 bits per heavy atom. The number of amides is 2. The Morgan fingerprint density at radius 3 is 2.32 bits per heavy atom. The van der Waals surface area contributed by atoms with Gasteiger partial charge in [0.2, 0.25) is 5.91 Å². The van der Waals surface area contributed by atoms with Crippen molar-refractivity contribution in [1.29, 1.82) is 0 Å². The molecule has 2 amide bonds. The highest BCUT2D eigenvalue weighted by molar-refractivity contribution is 5.82. The van der Waals surface area contributed by atoms with Crippen LogP contribution in [0.3, 0.4) is 0 Å². The molecule has 0 aliphatic rings. The predicted octanol–water partition coefficient (Wildman–Crippen LogP) is 4.75. The maximum atomic E-state index is 14.2. The van der Waals surface area contributed by atoms with E-state index in [4.69, 9.17) is 9.47 Å². The minimum absolute atomic E-state index is 0.0958. The van der Waals surface area contributed by atoms with Gasteiger partial charge >= 0.3 is 6.09 Å². The summed E-state index contributed by atoms with van der Waals surface area (Å²) in [6.45, 7) is 10.9. The topological polar surface area (TPSA) is 59.1 Å². The van der Waals surface area contributed by atoms with Crippen LogP contribution in [0.4, 0.5) is 13.6 Å². The Bertz CT molecular complexity index is 737. The molecule has 0 N–H and O–H groups in total. The lowest BCUT2D eigenvalue weighted by Gasteiger charge is -2.35. The van der Waals surface area contributed by atoms with E-state index in [9.17, 15) is 18.4 Å². The van der Waals surface area contributed by atoms with Crippen LogP contribution in [-0.4, -0.2) is 59.7 Å². The molecule has 1 aromatic carbocycles. The maximum absolute atomic E-state index is 14.2. The van der Waals surface area contributed by atoms with Crippen molar-refractivity contribution in [3.05, 3.63) is 35.4 Å². The average Bonchev–Trinajstić information content (AvgIpc) is 2.67. The monoisotopic (exact) mass is 442 g/mol. The van der Waals surface area contributed by atoms with Gasteiger partial charge in [-0.3, -0.25) is 9.69 Å². The first kappa shape index (κ1) is 26.8. The summed E-state index contributed by atoms with van der Waals surface area (Å²) in [5.41, 5.74) is -0.696. The van der Waals surface area contributed by atoms with Gasteiger partial charge in [-0.05, 0) is 47.1 Å². The molecule has 0 fully saturated rings. The molecule has 2 atom stereocenters. The number of ether oxygens (including phenoxy) is 2. The fraction of sp³-hybridized carbons (Fsp3) is 0.652. The molecule has 1 rings (SSSR count). The highest BCUT2D eigenvalue weighted by atomic mass is 19.1. The van der Waals surface area contributed by atoms with E-state index in [-0.39, 0.29) is 36.7 Å². The van der Waals surface area contributed by atoms with Crippen LogP contribution in [0.15, 0.2) is 18.2 Å². The van der Waals surface area contributed by atoms with Crippen LogP contribution >= 0.6 is 0 Å².